The summed E-state index contributed by atoms with van der Waals surface area (Å²) in [5.41, 5.74) is 0.746. The van der Waals surface area contributed by atoms with Gasteiger partial charge in [-0.25, -0.2) is 0 Å². The highest BCUT2D eigenvalue weighted by Gasteiger charge is 2.59. The molecule has 0 aliphatic heterocycles. The van der Waals surface area contributed by atoms with Gasteiger partial charge in [-0.2, -0.15) is 0 Å². The molecule has 0 aromatic heterocycles. The minimum absolute atomic E-state index is 0.371. The molecule has 5 nitrogen and oxygen atoms in total. The molecule has 1 spiro atoms. The maximum atomic E-state index is 5.98. The van der Waals surface area contributed by atoms with Crippen LogP contribution < -0.4 is 10.6 Å². The highest BCUT2D eigenvalue weighted by Crippen LogP contribution is 2.57. The van der Waals surface area contributed by atoms with E-state index in [-0.39, 0.29) is 0 Å². The number of methoxy groups -OCH3 is 1. The van der Waals surface area contributed by atoms with Gasteiger partial charge in [-0.1, -0.05) is 12.8 Å². The maximum absolute atomic E-state index is 5.98. The lowest BCUT2D eigenvalue weighted by atomic mass is 9.51. The number of hydrogen-bond acceptors (Lipinski definition) is 3. The smallest absolute Gasteiger partial charge is 0.191 e. The SMILES string of the molecule is CCNC(=NCC1(CCOC)CCC1)NC1CC(OCC)C12CCC2. The van der Waals surface area contributed by atoms with Crippen LogP contribution in [0.5, 0.6) is 0 Å². The van der Waals surface area contributed by atoms with Gasteiger partial charge in [0.15, 0.2) is 5.96 Å². The Kier molecular flexibility index (Phi) is 6.26. The van der Waals surface area contributed by atoms with Crippen LogP contribution in [-0.2, 0) is 9.47 Å². The van der Waals surface area contributed by atoms with Gasteiger partial charge in [0.2, 0.25) is 0 Å². The van der Waals surface area contributed by atoms with E-state index in [9.17, 15) is 0 Å². The quantitative estimate of drug-likeness (QED) is 0.495. The van der Waals surface area contributed by atoms with Gasteiger partial charge >= 0.3 is 0 Å². The van der Waals surface area contributed by atoms with Crippen LogP contribution in [0.3, 0.4) is 0 Å². The molecule has 0 aromatic rings. The molecule has 5 heteroatoms. The van der Waals surface area contributed by atoms with Crippen molar-refractivity contribution in [3.8, 4) is 0 Å². The monoisotopic (exact) mass is 351 g/mol. The second-order valence-electron chi connectivity index (χ2n) is 8.25. The van der Waals surface area contributed by atoms with E-state index in [1.807, 2.05) is 0 Å². The van der Waals surface area contributed by atoms with E-state index >= 15 is 0 Å². The highest BCUT2D eigenvalue weighted by atomic mass is 16.5. The molecular formula is C20H37N3O2. The highest BCUT2D eigenvalue weighted by molar-refractivity contribution is 5.80. The Morgan fingerprint density at radius 3 is 2.44 bits per heavy atom. The molecule has 3 rings (SSSR count). The summed E-state index contributed by atoms with van der Waals surface area (Å²) in [5, 5.41) is 7.20. The standard InChI is InChI=1S/C20H37N3O2/c1-4-21-18(22-15-19(8-6-9-19)12-13-24-3)23-16-14-17(25-5-2)20(16)10-7-11-20/h16-17H,4-15H2,1-3H3,(H2,21,22,23). The Hall–Kier alpha value is -0.810. The predicted molar refractivity (Wildman–Crippen MR) is 102 cm³/mol. The van der Waals surface area contributed by atoms with Crippen molar-refractivity contribution in [2.75, 3.05) is 33.4 Å². The fraction of sp³-hybridized carbons (Fsp3) is 0.950. The van der Waals surface area contributed by atoms with Gasteiger partial charge in [-0.05, 0) is 57.8 Å². The van der Waals surface area contributed by atoms with E-state index in [1.165, 1.54) is 38.5 Å². The van der Waals surface area contributed by atoms with E-state index in [2.05, 4.69) is 24.5 Å². The van der Waals surface area contributed by atoms with E-state index in [1.54, 1.807) is 7.11 Å². The molecule has 2 atom stereocenters. The summed E-state index contributed by atoms with van der Waals surface area (Å²) in [5.74, 6) is 0.998. The summed E-state index contributed by atoms with van der Waals surface area (Å²) in [4.78, 5) is 4.98. The number of nitrogens with one attached hydrogen (secondary N) is 2. The van der Waals surface area contributed by atoms with Gasteiger partial charge < -0.3 is 20.1 Å². The number of aliphatic imine (C=N–C) groups is 1. The third-order valence-electron chi connectivity index (χ3n) is 6.92. The second kappa shape index (κ2) is 8.26. The molecule has 0 saturated heterocycles. The van der Waals surface area contributed by atoms with Crippen LogP contribution in [0.4, 0.5) is 0 Å². The third kappa shape index (κ3) is 3.82. The third-order valence-corrected chi connectivity index (χ3v) is 6.92. The van der Waals surface area contributed by atoms with Crippen LogP contribution >= 0.6 is 0 Å². The number of nitrogens with zero attached hydrogens (tertiary/aromatic N) is 1. The molecule has 144 valence electrons. The first-order valence-electron chi connectivity index (χ1n) is 10.3. The Morgan fingerprint density at radius 1 is 1.16 bits per heavy atom. The molecule has 0 amide bonds. The number of hydrogen-bond donors (Lipinski definition) is 2. The van der Waals surface area contributed by atoms with Crippen molar-refractivity contribution in [2.45, 2.75) is 77.4 Å². The predicted octanol–water partition coefficient (Wildman–Crippen LogP) is 3.10. The first-order valence-corrected chi connectivity index (χ1v) is 10.3. The zero-order chi connectivity index (χ0) is 17.8. The van der Waals surface area contributed by atoms with Gasteiger partial charge in [0.25, 0.3) is 0 Å². The van der Waals surface area contributed by atoms with Crippen molar-refractivity contribution in [2.24, 2.45) is 15.8 Å². The normalized spacial score (nSPS) is 29.5. The van der Waals surface area contributed by atoms with Gasteiger partial charge in [-0.15, -0.1) is 0 Å². The van der Waals surface area contributed by atoms with Crippen LogP contribution in [0.1, 0.15) is 65.2 Å². The Bertz CT molecular complexity index is 458. The lowest BCUT2D eigenvalue weighted by molar-refractivity contribution is -0.168. The van der Waals surface area contributed by atoms with E-state index in [0.29, 0.717) is 23.0 Å². The number of ether oxygens (including phenoxy) is 2. The van der Waals surface area contributed by atoms with Gasteiger partial charge in [0.1, 0.15) is 0 Å². The first-order chi connectivity index (χ1) is 12.2. The Labute approximate surface area is 153 Å². The Morgan fingerprint density at radius 2 is 1.92 bits per heavy atom. The average molecular weight is 352 g/mol. The van der Waals surface area contributed by atoms with Crippen LogP contribution in [0.2, 0.25) is 0 Å². The summed E-state index contributed by atoms with van der Waals surface area (Å²) >= 11 is 0. The van der Waals surface area contributed by atoms with Crippen LogP contribution in [0.15, 0.2) is 4.99 Å². The second-order valence-corrected chi connectivity index (χ2v) is 8.25. The summed E-state index contributed by atoms with van der Waals surface area (Å²) in [6.45, 7) is 7.75. The number of guanidine groups is 1. The molecule has 0 heterocycles. The molecule has 0 bridgehead atoms. The minimum atomic E-state index is 0.371. The molecule has 3 fully saturated rings. The summed E-state index contributed by atoms with van der Waals surface area (Å²) in [6.07, 6.45) is 10.6. The average Bonchev–Trinajstić information content (AvgIpc) is 2.50. The van der Waals surface area contributed by atoms with Gasteiger partial charge in [0.05, 0.1) is 6.10 Å². The van der Waals surface area contributed by atoms with Crippen LogP contribution in [0.25, 0.3) is 0 Å². The lowest BCUT2D eigenvalue weighted by Gasteiger charge is -2.61. The van der Waals surface area contributed by atoms with Crippen molar-refractivity contribution < 1.29 is 9.47 Å². The van der Waals surface area contributed by atoms with E-state index < -0.39 is 0 Å². The zero-order valence-corrected chi connectivity index (χ0v) is 16.4. The van der Waals surface area contributed by atoms with Crippen molar-refractivity contribution in [3.63, 3.8) is 0 Å². The Balaban J connectivity index is 1.58. The molecular weight excluding hydrogens is 314 g/mol. The van der Waals surface area contributed by atoms with Crippen molar-refractivity contribution >= 4 is 5.96 Å². The molecule has 25 heavy (non-hydrogen) atoms. The van der Waals surface area contributed by atoms with E-state index in [0.717, 1.165) is 45.1 Å². The first kappa shape index (κ1) is 19.0. The molecule has 2 unspecified atom stereocenters. The minimum Gasteiger partial charge on any atom is -0.385 e. The maximum Gasteiger partial charge on any atom is 0.191 e. The fourth-order valence-corrected chi connectivity index (χ4v) is 4.86. The number of rotatable bonds is 9. The molecule has 0 aromatic carbocycles. The topological polar surface area (TPSA) is 54.9 Å². The molecule has 3 saturated carbocycles. The van der Waals surface area contributed by atoms with Gasteiger partial charge in [-0.3, -0.25) is 4.99 Å². The summed E-state index contributed by atoms with van der Waals surface area (Å²) in [7, 11) is 1.80. The van der Waals surface area contributed by atoms with Crippen molar-refractivity contribution in [3.05, 3.63) is 0 Å². The van der Waals surface area contributed by atoms with Crippen LogP contribution in [0, 0.1) is 10.8 Å². The summed E-state index contributed by atoms with van der Waals surface area (Å²) < 4.78 is 11.3. The van der Waals surface area contributed by atoms with Crippen molar-refractivity contribution in [1.29, 1.82) is 0 Å². The van der Waals surface area contributed by atoms with E-state index in [4.69, 9.17) is 14.5 Å². The van der Waals surface area contributed by atoms with Crippen molar-refractivity contribution in [1.82, 2.24) is 10.6 Å². The fourth-order valence-electron chi connectivity index (χ4n) is 4.86. The van der Waals surface area contributed by atoms with Gasteiger partial charge in [0, 0.05) is 44.9 Å². The molecule has 3 aliphatic rings. The molecule has 0 radical (unpaired) electrons. The lowest BCUT2D eigenvalue weighted by Crippen LogP contribution is -2.68. The molecule has 2 N–H and O–H groups in total. The zero-order valence-electron chi connectivity index (χ0n) is 16.4. The van der Waals surface area contributed by atoms with Crippen LogP contribution in [-0.4, -0.2) is 51.5 Å². The largest absolute Gasteiger partial charge is 0.385 e. The molecule has 3 aliphatic carbocycles. The summed E-state index contributed by atoms with van der Waals surface area (Å²) in [6, 6.07) is 0.520.